The Kier molecular flexibility index (Phi) is 5.55. The average Bonchev–Trinajstić information content (AvgIpc) is 3.23. The smallest absolute Gasteiger partial charge is 0.407 e. The molecule has 0 bridgehead atoms. The number of carbonyl (C=O) groups is 2. The van der Waals surface area contributed by atoms with Gasteiger partial charge >= 0.3 is 6.09 Å². The van der Waals surface area contributed by atoms with E-state index in [9.17, 15) is 9.59 Å². The number of carbonyl (C=O) groups excluding carboxylic acids is 2. The van der Waals surface area contributed by atoms with E-state index in [4.69, 9.17) is 10.5 Å². The molecule has 132 valence electrons. The summed E-state index contributed by atoms with van der Waals surface area (Å²) in [4.78, 5) is 26.2. The molecule has 0 aromatic rings. The third kappa shape index (κ3) is 5.37. The molecule has 0 saturated heterocycles. The van der Waals surface area contributed by atoms with Gasteiger partial charge in [-0.25, -0.2) is 4.79 Å². The summed E-state index contributed by atoms with van der Waals surface area (Å²) in [6, 6.07) is 0.340. The van der Waals surface area contributed by atoms with Gasteiger partial charge in [-0.1, -0.05) is 0 Å². The summed E-state index contributed by atoms with van der Waals surface area (Å²) in [6.07, 6.45) is 5.40. The van der Waals surface area contributed by atoms with Crippen molar-refractivity contribution >= 4 is 12.0 Å². The van der Waals surface area contributed by atoms with Crippen LogP contribution in [0.4, 0.5) is 4.79 Å². The minimum Gasteiger partial charge on any atom is -0.444 e. The molecule has 6 nitrogen and oxygen atoms in total. The molecule has 2 saturated carbocycles. The number of nitrogens with one attached hydrogen (secondary N) is 1. The molecule has 23 heavy (non-hydrogen) atoms. The van der Waals surface area contributed by atoms with Gasteiger partial charge in [0.15, 0.2) is 0 Å². The Balaban J connectivity index is 1.83. The van der Waals surface area contributed by atoms with E-state index in [0.29, 0.717) is 6.04 Å². The van der Waals surface area contributed by atoms with Crippen LogP contribution in [-0.2, 0) is 9.53 Å². The molecule has 0 radical (unpaired) electrons. The minimum absolute atomic E-state index is 0.0658. The molecule has 2 fully saturated rings. The summed E-state index contributed by atoms with van der Waals surface area (Å²) in [6.45, 7) is 7.33. The topological polar surface area (TPSA) is 84.7 Å². The van der Waals surface area contributed by atoms with Crippen LogP contribution in [0.25, 0.3) is 0 Å². The van der Waals surface area contributed by atoms with Gasteiger partial charge in [0.05, 0.1) is 6.04 Å². The van der Waals surface area contributed by atoms with Crippen LogP contribution < -0.4 is 11.1 Å². The predicted octanol–water partition coefficient (Wildman–Crippen LogP) is 2.16. The second-order valence-corrected chi connectivity index (χ2v) is 7.92. The van der Waals surface area contributed by atoms with Crippen LogP contribution in [-0.4, -0.2) is 46.7 Å². The van der Waals surface area contributed by atoms with Crippen molar-refractivity contribution in [3.8, 4) is 0 Å². The van der Waals surface area contributed by atoms with Crippen LogP contribution in [0.2, 0.25) is 0 Å². The number of ether oxygens (including phenoxy) is 1. The largest absolute Gasteiger partial charge is 0.444 e. The molecule has 0 aliphatic heterocycles. The van der Waals surface area contributed by atoms with Gasteiger partial charge in [0, 0.05) is 18.1 Å². The maximum Gasteiger partial charge on any atom is 0.407 e. The van der Waals surface area contributed by atoms with Crippen molar-refractivity contribution in [2.45, 2.75) is 96.0 Å². The first-order valence-electron chi connectivity index (χ1n) is 8.74. The van der Waals surface area contributed by atoms with Crippen molar-refractivity contribution in [2.75, 3.05) is 0 Å². The normalized spacial score (nSPS) is 26.3. The summed E-state index contributed by atoms with van der Waals surface area (Å²) in [5.41, 5.74) is 5.32. The van der Waals surface area contributed by atoms with Crippen LogP contribution >= 0.6 is 0 Å². The SMILES string of the molecule is CC(N)C(=O)N(C1CCC(NC(=O)OC(C)(C)C)CC1)C1CC1. The molecule has 0 aromatic carbocycles. The Morgan fingerprint density at radius 3 is 1.96 bits per heavy atom. The predicted molar refractivity (Wildman–Crippen MR) is 88.9 cm³/mol. The summed E-state index contributed by atoms with van der Waals surface area (Å²) in [5, 5.41) is 2.94. The second kappa shape index (κ2) is 7.07. The van der Waals surface area contributed by atoms with E-state index in [0.717, 1.165) is 38.5 Å². The van der Waals surface area contributed by atoms with Crippen molar-refractivity contribution in [3.05, 3.63) is 0 Å². The molecule has 2 rings (SSSR count). The molecule has 0 aromatic heterocycles. The third-order valence-corrected chi connectivity index (χ3v) is 4.40. The van der Waals surface area contributed by atoms with Gasteiger partial charge in [-0.3, -0.25) is 4.79 Å². The molecule has 1 unspecified atom stereocenters. The lowest BCUT2D eigenvalue weighted by molar-refractivity contribution is -0.136. The van der Waals surface area contributed by atoms with E-state index in [1.807, 2.05) is 25.7 Å². The van der Waals surface area contributed by atoms with Gasteiger partial charge in [-0.05, 0) is 66.2 Å². The van der Waals surface area contributed by atoms with E-state index in [-0.39, 0.29) is 24.1 Å². The lowest BCUT2D eigenvalue weighted by Crippen LogP contribution is -2.51. The molecular formula is C17H31N3O3. The number of amides is 2. The average molecular weight is 325 g/mol. The van der Waals surface area contributed by atoms with Crippen molar-refractivity contribution in [1.82, 2.24) is 10.2 Å². The van der Waals surface area contributed by atoms with Crippen molar-refractivity contribution in [3.63, 3.8) is 0 Å². The number of hydrogen-bond donors (Lipinski definition) is 2. The molecule has 2 aliphatic rings. The van der Waals surface area contributed by atoms with Crippen molar-refractivity contribution in [2.24, 2.45) is 5.73 Å². The zero-order valence-corrected chi connectivity index (χ0v) is 14.8. The Labute approximate surface area is 139 Å². The van der Waals surface area contributed by atoms with Gasteiger partial charge in [0.1, 0.15) is 5.60 Å². The highest BCUT2D eigenvalue weighted by molar-refractivity contribution is 5.82. The monoisotopic (exact) mass is 325 g/mol. The van der Waals surface area contributed by atoms with Crippen molar-refractivity contribution < 1.29 is 14.3 Å². The van der Waals surface area contributed by atoms with Crippen molar-refractivity contribution in [1.29, 1.82) is 0 Å². The number of rotatable bonds is 4. The summed E-state index contributed by atoms with van der Waals surface area (Å²) < 4.78 is 5.30. The number of nitrogens with two attached hydrogens (primary N) is 1. The lowest BCUT2D eigenvalue weighted by atomic mass is 9.89. The van der Waals surface area contributed by atoms with Crippen LogP contribution in [0, 0.1) is 0 Å². The fourth-order valence-corrected chi connectivity index (χ4v) is 3.22. The summed E-state index contributed by atoms with van der Waals surface area (Å²) in [5.74, 6) is 0.0658. The van der Waals surface area contributed by atoms with E-state index >= 15 is 0 Å². The minimum atomic E-state index is -0.478. The molecule has 0 spiro atoms. The quantitative estimate of drug-likeness (QED) is 0.829. The lowest BCUT2D eigenvalue weighted by Gasteiger charge is -2.38. The second-order valence-electron chi connectivity index (χ2n) is 7.92. The maximum atomic E-state index is 12.4. The standard InChI is InChI=1S/C17H31N3O3/c1-11(18)15(21)20(14-9-10-14)13-7-5-12(6-8-13)19-16(22)23-17(2,3)4/h11-14H,5-10,18H2,1-4H3,(H,19,22). The number of alkyl carbamates (subject to hydrolysis) is 1. The highest BCUT2D eigenvalue weighted by Crippen LogP contribution is 2.34. The van der Waals surface area contributed by atoms with Gasteiger partial charge in [0.2, 0.25) is 5.91 Å². The zero-order valence-electron chi connectivity index (χ0n) is 14.8. The summed E-state index contributed by atoms with van der Waals surface area (Å²) >= 11 is 0. The molecule has 1 atom stereocenters. The van der Waals surface area contributed by atoms with Gasteiger partial charge in [0.25, 0.3) is 0 Å². The first-order valence-corrected chi connectivity index (χ1v) is 8.74. The Morgan fingerprint density at radius 1 is 1.09 bits per heavy atom. The van der Waals surface area contributed by atoms with E-state index in [1.54, 1.807) is 6.92 Å². The van der Waals surface area contributed by atoms with Gasteiger partial charge in [-0.2, -0.15) is 0 Å². The van der Waals surface area contributed by atoms with Crippen LogP contribution in [0.5, 0.6) is 0 Å². The zero-order chi connectivity index (χ0) is 17.2. The van der Waals surface area contributed by atoms with Crippen LogP contribution in [0.15, 0.2) is 0 Å². The molecular weight excluding hydrogens is 294 g/mol. The molecule has 2 aliphatic carbocycles. The molecule has 0 heterocycles. The Bertz CT molecular complexity index is 433. The fraction of sp³-hybridized carbons (Fsp3) is 0.882. The van der Waals surface area contributed by atoms with E-state index in [1.165, 1.54) is 0 Å². The third-order valence-electron chi connectivity index (χ3n) is 4.40. The molecule has 3 N–H and O–H groups in total. The van der Waals surface area contributed by atoms with Gasteiger partial charge in [-0.15, -0.1) is 0 Å². The highest BCUT2D eigenvalue weighted by atomic mass is 16.6. The fourth-order valence-electron chi connectivity index (χ4n) is 3.22. The molecule has 6 heteroatoms. The Hall–Kier alpha value is -1.30. The Morgan fingerprint density at radius 2 is 1.57 bits per heavy atom. The number of nitrogens with zero attached hydrogens (tertiary/aromatic N) is 1. The van der Waals surface area contributed by atoms with Crippen LogP contribution in [0.3, 0.4) is 0 Å². The maximum absolute atomic E-state index is 12.4. The van der Waals surface area contributed by atoms with E-state index in [2.05, 4.69) is 5.32 Å². The van der Waals surface area contributed by atoms with E-state index < -0.39 is 11.6 Å². The first kappa shape index (κ1) is 18.0. The number of hydrogen-bond acceptors (Lipinski definition) is 4. The first-order chi connectivity index (χ1) is 10.7. The van der Waals surface area contributed by atoms with Crippen LogP contribution in [0.1, 0.15) is 66.2 Å². The molecule has 2 amide bonds. The van der Waals surface area contributed by atoms with Gasteiger partial charge < -0.3 is 20.7 Å². The summed E-state index contributed by atoms with van der Waals surface area (Å²) in [7, 11) is 0. The highest BCUT2D eigenvalue weighted by Gasteiger charge is 2.39.